The van der Waals surface area contributed by atoms with Gasteiger partial charge in [-0.1, -0.05) is 12.8 Å². The Bertz CT molecular complexity index is 387. The second kappa shape index (κ2) is 4.32. The molecule has 0 aromatic heterocycles. The Morgan fingerprint density at radius 2 is 1.69 bits per heavy atom. The third-order valence-electron chi connectivity index (χ3n) is 3.40. The van der Waals surface area contributed by atoms with E-state index in [4.69, 9.17) is 5.26 Å². The summed E-state index contributed by atoms with van der Waals surface area (Å²) in [5.41, 5.74) is -0.846. The van der Waals surface area contributed by atoms with Crippen LogP contribution >= 0.6 is 0 Å². The van der Waals surface area contributed by atoms with Gasteiger partial charge in [-0.15, -0.1) is 0 Å². The molecule has 90 valence electrons. The summed E-state index contributed by atoms with van der Waals surface area (Å²) in [5.74, 6) is 0. The zero-order valence-corrected chi connectivity index (χ0v) is 10.1. The molecule has 2 fully saturated rings. The first-order valence-corrected chi connectivity index (χ1v) is 7.22. The Morgan fingerprint density at radius 3 is 2.19 bits per heavy atom. The Balaban J connectivity index is 2.10. The highest BCUT2D eigenvalue weighted by Crippen LogP contribution is 2.30. The maximum atomic E-state index is 12.0. The summed E-state index contributed by atoms with van der Waals surface area (Å²) in [4.78, 5) is 0. The SMILES string of the molecule is N#CC1(NS(=O)(=O)N2CCCC2)CCCC1. The molecule has 1 heterocycles. The normalized spacial score (nSPS) is 25.7. The molecule has 6 heteroatoms. The molecule has 1 aliphatic heterocycles. The lowest BCUT2D eigenvalue weighted by Crippen LogP contribution is -2.50. The van der Waals surface area contributed by atoms with Crippen LogP contribution in [0.25, 0.3) is 0 Å². The Morgan fingerprint density at radius 1 is 1.12 bits per heavy atom. The summed E-state index contributed by atoms with van der Waals surface area (Å²) < 4.78 is 28.1. The fraction of sp³-hybridized carbons (Fsp3) is 0.900. The van der Waals surface area contributed by atoms with Gasteiger partial charge < -0.3 is 0 Å². The van der Waals surface area contributed by atoms with Crippen molar-refractivity contribution in [3.05, 3.63) is 0 Å². The monoisotopic (exact) mass is 243 g/mol. The molecule has 2 rings (SSSR count). The molecule has 16 heavy (non-hydrogen) atoms. The van der Waals surface area contributed by atoms with Crippen LogP contribution in [0.3, 0.4) is 0 Å². The molecule has 1 saturated carbocycles. The summed E-state index contributed by atoms with van der Waals surface area (Å²) in [6, 6.07) is 2.14. The average molecular weight is 243 g/mol. The first-order chi connectivity index (χ1) is 7.58. The molecule has 2 aliphatic rings. The fourth-order valence-corrected chi connectivity index (χ4v) is 4.07. The van der Waals surface area contributed by atoms with Crippen LogP contribution in [0.4, 0.5) is 0 Å². The van der Waals surface area contributed by atoms with Crippen LogP contribution in [-0.4, -0.2) is 31.4 Å². The second-order valence-corrected chi connectivity index (χ2v) is 6.28. The number of rotatable bonds is 3. The topological polar surface area (TPSA) is 73.2 Å². The summed E-state index contributed by atoms with van der Waals surface area (Å²) >= 11 is 0. The molecule has 5 nitrogen and oxygen atoms in total. The lowest BCUT2D eigenvalue weighted by Gasteiger charge is -2.25. The van der Waals surface area contributed by atoms with Gasteiger partial charge in [-0.05, 0) is 25.7 Å². The Hall–Kier alpha value is -0.640. The van der Waals surface area contributed by atoms with Crippen molar-refractivity contribution in [2.24, 2.45) is 0 Å². The van der Waals surface area contributed by atoms with Gasteiger partial charge in [-0.2, -0.15) is 22.7 Å². The van der Waals surface area contributed by atoms with Crippen molar-refractivity contribution in [2.45, 2.75) is 44.1 Å². The highest BCUT2D eigenvalue weighted by Gasteiger charge is 2.40. The summed E-state index contributed by atoms with van der Waals surface area (Å²) in [5, 5.41) is 9.13. The van der Waals surface area contributed by atoms with Gasteiger partial charge in [0.1, 0.15) is 5.54 Å². The minimum atomic E-state index is -3.45. The highest BCUT2D eigenvalue weighted by molar-refractivity contribution is 7.87. The van der Waals surface area contributed by atoms with Gasteiger partial charge in [0, 0.05) is 13.1 Å². The van der Waals surface area contributed by atoms with Gasteiger partial charge in [0.15, 0.2) is 0 Å². The quantitative estimate of drug-likeness (QED) is 0.795. The molecule has 0 aromatic carbocycles. The minimum absolute atomic E-state index is 0.580. The van der Waals surface area contributed by atoms with E-state index in [0.29, 0.717) is 25.9 Å². The third-order valence-corrected chi connectivity index (χ3v) is 5.09. The summed E-state index contributed by atoms with van der Waals surface area (Å²) in [7, 11) is -3.45. The predicted molar refractivity (Wildman–Crippen MR) is 59.7 cm³/mol. The van der Waals surface area contributed by atoms with E-state index in [9.17, 15) is 8.42 Å². The van der Waals surface area contributed by atoms with Crippen molar-refractivity contribution in [3.63, 3.8) is 0 Å². The predicted octanol–water partition coefficient (Wildman–Crippen LogP) is 0.753. The first-order valence-electron chi connectivity index (χ1n) is 5.78. The smallest absolute Gasteiger partial charge is 0.196 e. The van der Waals surface area contributed by atoms with Gasteiger partial charge in [0.25, 0.3) is 10.2 Å². The summed E-state index contributed by atoms with van der Waals surface area (Å²) in [6.07, 6.45) is 4.96. The molecular weight excluding hydrogens is 226 g/mol. The number of hydrogen-bond donors (Lipinski definition) is 1. The maximum Gasteiger partial charge on any atom is 0.280 e. The van der Waals surface area contributed by atoms with Crippen LogP contribution in [0.15, 0.2) is 0 Å². The largest absolute Gasteiger partial charge is 0.280 e. The Labute approximate surface area is 96.6 Å². The average Bonchev–Trinajstić information content (AvgIpc) is 2.87. The fourth-order valence-electron chi connectivity index (χ4n) is 2.46. The molecule has 1 N–H and O–H groups in total. The van der Waals surface area contributed by atoms with E-state index in [1.54, 1.807) is 0 Å². The molecule has 1 saturated heterocycles. The van der Waals surface area contributed by atoms with Crippen molar-refractivity contribution in [2.75, 3.05) is 13.1 Å². The van der Waals surface area contributed by atoms with E-state index in [1.165, 1.54) is 4.31 Å². The molecule has 0 radical (unpaired) electrons. The van der Waals surface area contributed by atoms with Crippen molar-refractivity contribution in [1.82, 2.24) is 9.03 Å². The molecule has 0 amide bonds. The van der Waals surface area contributed by atoms with Gasteiger partial charge in [0.05, 0.1) is 6.07 Å². The number of nitriles is 1. The second-order valence-electron chi connectivity index (χ2n) is 4.61. The lowest BCUT2D eigenvalue weighted by molar-refractivity contribution is 0.425. The van der Waals surface area contributed by atoms with Crippen LogP contribution in [-0.2, 0) is 10.2 Å². The van der Waals surface area contributed by atoms with Crippen molar-refractivity contribution < 1.29 is 8.42 Å². The molecule has 0 unspecified atom stereocenters. The molecule has 0 aromatic rings. The highest BCUT2D eigenvalue weighted by atomic mass is 32.2. The third kappa shape index (κ3) is 2.21. The van der Waals surface area contributed by atoms with Crippen LogP contribution in [0.5, 0.6) is 0 Å². The van der Waals surface area contributed by atoms with E-state index in [1.807, 2.05) is 0 Å². The summed E-state index contributed by atoms with van der Waals surface area (Å²) in [6.45, 7) is 1.16. The minimum Gasteiger partial charge on any atom is -0.196 e. The number of nitrogens with one attached hydrogen (secondary N) is 1. The van der Waals surface area contributed by atoms with E-state index in [2.05, 4.69) is 10.8 Å². The van der Waals surface area contributed by atoms with Crippen LogP contribution < -0.4 is 4.72 Å². The lowest BCUT2D eigenvalue weighted by atomic mass is 10.0. The zero-order valence-electron chi connectivity index (χ0n) is 9.28. The van der Waals surface area contributed by atoms with E-state index >= 15 is 0 Å². The molecular formula is C10H17N3O2S. The van der Waals surface area contributed by atoms with E-state index in [0.717, 1.165) is 25.7 Å². The standard InChI is InChI=1S/C10H17N3O2S/c11-9-10(5-1-2-6-10)12-16(14,15)13-7-3-4-8-13/h12H,1-8H2. The molecule has 1 aliphatic carbocycles. The molecule has 0 spiro atoms. The van der Waals surface area contributed by atoms with Crippen molar-refractivity contribution in [1.29, 1.82) is 5.26 Å². The van der Waals surface area contributed by atoms with Crippen LogP contribution in [0, 0.1) is 11.3 Å². The van der Waals surface area contributed by atoms with Crippen LogP contribution in [0.2, 0.25) is 0 Å². The zero-order chi connectivity index (χ0) is 11.6. The van der Waals surface area contributed by atoms with Crippen molar-refractivity contribution >= 4 is 10.2 Å². The molecule has 0 atom stereocenters. The van der Waals surface area contributed by atoms with Gasteiger partial charge >= 0.3 is 0 Å². The van der Waals surface area contributed by atoms with E-state index < -0.39 is 15.7 Å². The van der Waals surface area contributed by atoms with E-state index in [-0.39, 0.29) is 0 Å². The van der Waals surface area contributed by atoms with Gasteiger partial charge in [0.2, 0.25) is 0 Å². The molecule has 0 bridgehead atoms. The first kappa shape index (κ1) is 11.8. The van der Waals surface area contributed by atoms with Crippen molar-refractivity contribution in [3.8, 4) is 6.07 Å². The van der Waals surface area contributed by atoms with Crippen LogP contribution in [0.1, 0.15) is 38.5 Å². The van der Waals surface area contributed by atoms with Gasteiger partial charge in [-0.25, -0.2) is 0 Å². The number of hydrogen-bond acceptors (Lipinski definition) is 3. The Kier molecular flexibility index (Phi) is 3.19. The maximum absolute atomic E-state index is 12.0. The van der Waals surface area contributed by atoms with Gasteiger partial charge in [-0.3, -0.25) is 0 Å². The number of nitrogens with zero attached hydrogens (tertiary/aromatic N) is 2.